The molecule has 31 heavy (non-hydrogen) atoms. The molecule has 160 valence electrons. The van der Waals surface area contributed by atoms with Gasteiger partial charge >= 0.3 is 22.4 Å². The first-order valence-electron chi connectivity index (χ1n) is 9.88. The van der Waals surface area contributed by atoms with Crippen molar-refractivity contribution in [3.05, 3.63) is 65.0 Å². The summed E-state index contributed by atoms with van der Waals surface area (Å²) in [6.07, 6.45) is -0.755. The Labute approximate surface area is 179 Å². The number of benzene rings is 2. The van der Waals surface area contributed by atoms with Gasteiger partial charge in [-0.1, -0.05) is 44.2 Å². The third-order valence-corrected chi connectivity index (χ3v) is 5.21. The molecule has 0 radical (unpaired) electrons. The third-order valence-electron chi connectivity index (χ3n) is 5.21. The number of hydrogen-bond donors (Lipinski definition) is 3. The molecule has 1 heterocycles. The summed E-state index contributed by atoms with van der Waals surface area (Å²) in [7, 11) is 0. The summed E-state index contributed by atoms with van der Waals surface area (Å²) in [6.45, 7) is 7.20. The molecule has 0 aliphatic carbocycles. The van der Waals surface area contributed by atoms with Gasteiger partial charge in [0, 0.05) is 34.2 Å². The molecule has 3 N–H and O–H groups in total. The second-order valence-corrected chi connectivity index (χ2v) is 7.72. The molecule has 8 nitrogen and oxygen atoms in total. The smallest absolute Gasteiger partial charge is 0.319 e. The fourth-order valence-corrected chi connectivity index (χ4v) is 3.53. The van der Waals surface area contributed by atoms with Gasteiger partial charge < -0.3 is 5.32 Å². The van der Waals surface area contributed by atoms with Crippen molar-refractivity contribution in [1.29, 1.82) is 0 Å². The van der Waals surface area contributed by atoms with Gasteiger partial charge in [-0.05, 0) is 24.0 Å². The Kier molecular flexibility index (Phi) is 6.01. The van der Waals surface area contributed by atoms with E-state index in [2.05, 4.69) is 5.32 Å². The van der Waals surface area contributed by atoms with Gasteiger partial charge in [0.25, 0.3) is 5.91 Å². The van der Waals surface area contributed by atoms with Gasteiger partial charge in [-0.25, -0.2) is 0 Å². The van der Waals surface area contributed by atoms with Gasteiger partial charge in [0.1, 0.15) is 0 Å². The molecule has 0 aliphatic heterocycles. The number of ketones is 2. The zero-order chi connectivity index (χ0) is 22.9. The minimum Gasteiger partial charge on any atom is -0.319 e. The largest absolute Gasteiger partial charge is 0.371 e. The monoisotopic (exact) mass is 423 g/mol. The Morgan fingerprint density at radius 3 is 2.16 bits per heavy atom. The fourth-order valence-electron chi connectivity index (χ4n) is 3.53. The predicted octanol–water partition coefficient (Wildman–Crippen LogP) is 2.41. The Morgan fingerprint density at radius 2 is 1.55 bits per heavy atom. The maximum Gasteiger partial charge on any atom is 0.371 e. The highest BCUT2D eigenvalue weighted by atomic mass is 16.5. The molecule has 0 atom stereocenters. The maximum absolute atomic E-state index is 12.8. The second-order valence-electron chi connectivity index (χ2n) is 7.72. The molecule has 3 rings (SSSR count). The number of nitrogens with zero attached hydrogens (tertiary/aromatic N) is 2. The summed E-state index contributed by atoms with van der Waals surface area (Å²) in [5.41, 5.74) is 2.46. The van der Waals surface area contributed by atoms with Crippen LogP contribution in [0.1, 0.15) is 53.5 Å². The average Bonchev–Trinajstić information content (AvgIpc) is 2.73. The van der Waals surface area contributed by atoms with Crippen LogP contribution in [0.2, 0.25) is 0 Å². The van der Waals surface area contributed by atoms with Gasteiger partial charge in [0.2, 0.25) is 11.6 Å². The number of amides is 1. The van der Waals surface area contributed by atoms with Crippen LogP contribution in [-0.2, 0) is 9.59 Å². The molecular formula is C23H25N3O5+2. The molecule has 0 bridgehead atoms. The molecule has 0 saturated heterocycles. The first-order valence-corrected chi connectivity index (χ1v) is 9.88. The van der Waals surface area contributed by atoms with Crippen molar-refractivity contribution in [2.75, 3.05) is 5.32 Å². The van der Waals surface area contributed by atoms with Crippen molar-refractivity contribution in [1.82, 2.24) is 0 Å². The average molecular weight is 423 g/mol. The van der Waals surface area contributed by atoms with Crippen LogP contribution >= 0.6 is 0 Å². The van der Waals surface area contributed by atoms with Crippen molar-refractivity contribution >= 4 is 34.2 Å². The Balaban J connectivity index is 1.87. The Bertz CT molecular complexity index is 1220. The molecule has 0 aliphatic rings. The number of nitrogens with one attached hydrogen (secondary N) is 1. The minimum absolute atomic E-state index is 0.0420. The lowest BCUT2D eigenvalue weighted by molar-refractivity contribution is -0.924. The lowest BCUT2D eigenvalue weighted by atomic mass is 9.98. The van der Waals surface area contributed by atoms with Crippen molar-refractivity contribution in [3.63, 3.8) is 0 Å². The molecule has 2 aromatic carbocycles. The lowest BCUT2D eigenvalue weighted by Gasteiger charge is -2.15. The van der Waals surface area contributed by atoms with Gasteiger partial charge in [-0.15, -0.1) is 0 Å². The summed E-state index contributed by atoms with van der Waals surface area (Å²) in [6, 6.07) is 11.9. The molecule has 3 aromatic rings. The van der Waals surface area contributed by atoms with Crippen LogP contribution in [0.3, 0.4) is 0 Å². The number of rotatable bonds is 6. The van der Waals surface area contributed by atoms with Crippen LogP contribution in [0.25, 0.3) is 11.0 Å². The molecule has 8 heteroatoms. The Morgan fingerprint density at radius 1 is 0.935 bits per heavy atom. The van der Waals surface area contributed by atoms with Crippen LogP contribution < -0.4 is 14.8 Å². The van der Waals surface area contributed by atoms with Crippen molar-refractivity contribution in [2.45, 2.75) is 40.0 Å². The van der Waals surface area contributed by atoms with E-state index in [0.29, 0.717) is 10.4 Å². The first kappa shape index (κ1) is 21.9. The van der Waals surface area contributed by atoms with E-state index in [9.17, 15) is 24.8 Å². The van der Waals surface area contributed by atoms with E-state index < -0.39 is 23.9 Å². The summed E-state index contributed by atoms with van der Waals surface area (Å²) in [4.78, 5) is 37.8. The van der Waals surface area contributed by atoms with Crippen LogP contribution in [0.5, 0.6) is 0 Å². The van der Waals surface area contributed by atoms with E-state index >= 15 is 0 Å². The Hall–Kier alpha value is -3.81. The number of Topliss-reactive ketones (excluding diaryl/α,β-unsaturated/α-hetero) is 2. The van der Waals surface area contributed by atoms with Gasteiger partial charge in [-0.3, -0.25) is 24.8 Å². The van der Waals surface area contributed by atoms with Crippen molar-refractivity contribution in [3.8, 4) is 0 Å². The SMILES string of the molecule is Cc1cccc(C(C)C)c1NC(=O)C(=O)CC(=O)c1c(C)[n+](O)c2ccccc2[n+]1O. The van der Waals surface area contributed by atoms with Crippen LogP contribution in [0, 0.1) is 13.8 Å². The number of anilines is 1. The lowest BCUT2D eigenvalue weighted by Crippen LogP contribution is -2.49. The molecule has 1 amide bonds. The molecule has 0 spiro atoms. The van der Waals surface area contributed by atoms with E-state index in [1.165, 1.54) is 13.0 Å². The van der Waals surface area contributed by atoms with Crippen LogP contribution in [0.15, 0.2) is 42.5 Å². The summed E-state index contributed by atoms with van der Waals surface area (Å²) >= 11 is 0. The second kappa shape index (κ2) is 8.51. The van der Waals surface area contributed by atoms with Gasteiger partial charge in [-0.2, -0.15) is 0 Å². The van der Waals surface area contributed by atoms with Crippen LogP contribution in [0.4, 0.5) is 5.69 Å². The zero-order valence-corrected chi connectivity index (χ0v) is 17.8. The number of aryl methyl sites for hydroxylation is 1. The quantitative estimate of drug-likeness (QED) is 0.185. The van der Waals surface area contributed by atoms with E-state index in [0.717, 1.165) is 15.9 Å². The van der Waals surface area contributed by atoms with Gasteiger partial charge in [0.15, 0.2) is 0 Å². The zero-order valence-electron chi connectivity index (χ0n) is 17.8. The van der Waals surface area contributed by atoms with Gasteiger partial charge in [0.05, 0.1) is 6.42 Å². The molecule has 0 unspecified atom stereocenters. The number of para-hydroxylation sites is 3. The summed E-state index contributed by atoms with van der Waals surface area (Å²) in [5, 5.41) is 23.5. The predicted molar refractivity (Wildman–Crippen MR) is 111 cm³/mol. The highest BCUT2D eigenvalue weighted by Gasteiger charge is 2.38. The molecule has 1 aromatic heterocycles. The number of carbonyl (C=O) groups is 3. The minimum atomic E-state index is -0.944. The normalized spacial score (nSPS) is 11.0. The standard InChI is InChI=1S/C23H24N3O5/c1-13(2)16-9-7-8-14(3)21(16)24-23(29)20(28)12-19(27)22-15(4)25(30)17-10-5-6-11-18(17)26(22)31/h5-11,13H,12H2,1-4H3,(H2-,24,27,28,29,30,31)/q+1/p+1. The van der Waals surface area contributed by atoms with E-state index in [1.54, 1.807) is 18.2 Å². The van der Waals surface area contributed by atoms with E-state index in [4.69, 9.17) is 0 Å². The molecule has 0 fully saturated rings. The number of carbonyl (C=O) groups excluding carboxylic acids is 3. The summed E-state index contributed by atoms with van der Waals surface area (Å²) < 4.78 is 1.39. The fraction of sp³-hybridized carbons (Fsp3) is 0.261. The molecule has 0 saturated carbocycles. The van der Waals surface area contributed by atoms with E-state index in [1.807, 2.05) is 39.0 Å². The topological polar surface area (TPSA) is 111 Å². The van der Waals surface area contributed by atoms with Crippen molar-refractivity contribution < 1.29 is 34.3 Å². The third kappa shape index (κ3) is 4.09. The van der Waals surface area contributed by atoms with E-state index in [-0.39, 0.29) is 28.3 Å². The highest BCUT2D eigenvalue weighted by Crippen LogP contribution is 2.27. The number of hydrogen-bond acceptors (Lipinski definition) is 5. The summed E-state index contributed by atoms with van der Waals surface area (Å²) in [5.74, 6) is -2.52. The number of fused-ring (bicyclic) bond motifs is 1. The number of aromatic nitrogens is 2. The maximum atomic E-state index is 12.8. The first-order chi connectivity index (χ1) is 14.6. The van der Waals surface area contributed by atoms with Crippen LogP contribution in [-0.4, -0.2) is 27.9 Å². The highest BCUT2D eigenvalue weighted by molar-refractivity contribution is 6.44. The van der Waals surface area contributed by atoms with Crippen molar-refractivity contribution in [2.24, 2.45) is 0 Å². The molecular weight excluding hydrogens is 398 g/mol.